The van der Waals surface area contributed by atoms with E-state index < -0.39 is 0 Å². The molecule has 2 heteroatoms. The van der Waals surface area contributed by atoms with Crippen LogP contribution in [-0.2, 0) is 4.74 Å². The summed E-state index contributed by atoms with van der Waals surface area (Å²) in [6, 6.07) is 0. The summed E-state index contributed by atoms with van der Waals surface area (Å²) in [5.41, 5.74) is 0. The third-order valence-corrected chi connectivity index (χ3v) is 0.670. The van der Waals surface area contributed by atoms with Crippen LogP contribution < -0.4 is 0 Å². The Kier molecular flexibility index (Phi) is 0.478. The number of rotatable bonds is 0. The molecule has 1 aliphatic rings. The Morgan fingerprint density at radius 2 is 2.20 bits per heavy atom. The molecule has 1 saturated heterocycles. The molecule has 1 rings (SSSR count). The maximum atomic E-state index is 4.64. The first-order chi connectivity index (χ1) is 2.21. The Hall–Kier alpha value is 0.310. The Morgan fingerprint density at radius 3 is 2.20 bits per heavy atom. The van der Waals surface area contributed by atoms with E-state index in [1.807, 2.05) is 6.92 Å². The highest BCUT2D eigenvalue weighted by molar-refractivity contribution is 7.82. The third-order valence-electron chi connectivity index (χ3n) is 0.459. The Labute approximate surface area is 36.7 Å². The van der Waals surface area contributed by atoms with Crippen LogP contribution in [-0.4, -0.2) is 4.93 Å². The van der Waals surface area contributed by atoms with E-state index in [2.05, 4.69) is 17.4 Å². The van der Waals surface area contributed by atoms with E-state index in [9.17, 15) is 0 Å². The lowest BCUT2D eigenvalue weighted by Crippen LogP contribution is -1.82. The summed E-state index contributed by atoms with van der Waals surface area (Å²) in [4.78, 5) is -0.181. The van der Waals surface area contributed by atoms with Crippen LogP contribution in [0.4, 0.5) is 0 Å². The van der Waals surface area contributed by atoms with Crippen LogP contribution in [0.15, 0.2) is 0 Å². The molecular weight excluding hydrogens is 84.1 g/mol. The fourth-order valence-electron chi connectivity index (χ4n) is 0.0853. The van der Waals surface area contributed by atoms with Gasteiger partial charge in [-0.3, -0.25) is 0 Å². The van der Waals surface area contributed by atoms with Gasteiger partial charge in [-0.25, -0.2) is 0 Å². The van der Waals surface area contributed by atoms with E-state index in [1.54, 1.807) is 6.61 Å². The minimum Gasteiger partial charge on any atom is -0.352 e. The second kappa shape index (κ2) is 0.684. The molecule has 29 valence electrons. The van der Waals surface area contributed by atoms with Crippen molar-refractivity contribution in [2.75, 3.05) is 0 Å². The molecule has 1 atom stereocenters. The van der Waals surface area contributed by atoms with Crippen molar-refractivity contribution in [2.24, 2.45) is 0 Å². The lowest BCUT2D eigenvalue weighted by atomic mass is 10.6. The average molecular weight is 89.1 g/mol. The quantitative estimate of drug-likeness (QED) is 0.342. The van der Waals surface area contributed by atoms with Gasteiger partial charge in [0.15, 0.2) is 0 Å². The van der Waals surface area contributed by atoms with E-state index in [0.29, 0.717) is 0 Å². The van der Waals surface area contributed by atoms with Gasteiger partial charge in [-0.15, -0.1) is 12.6 Å². The summed E-state index contributed by atoms with van der Waals surface area (Å²) < 4.78 is 4.64. The fraction of sp³-hybridized carbons (Fsp3) is 0.667. The lowest BCUT2D eigenvalue weighted by Gasteiger charge is -1.80. The predicted octanol–water partition coefficient (Wildman–Crippen LogP) is 0.824. The van der Waals surface area contributed by atoms with Crippen molar-refractivity contribution in [1.82, 2.24) is 0 Å². The van der Waals surface area contributed by atoms with E-state index in [0.717, 1.165) is 0 Å². The smallest absolute Gasteiger partial charge is 0.137 e. The first-order valence-corrected chi connectivity index (χ1v) is 1.90. The maximum absolute atomic E-state index is 4.64. The van der Waals surface area contributed by atoms with Crippen molar-refractivity contribution in [1.29, 1.82) is 0 Å². The molecule has 1 nitrogen and oxygen atoms in total. The van der Waals surface area contributed by atoms with Crippen LogP contribution in [0.3, 0.4) is 0 Å². The molecule has 0 spiro atoms. The topological polar surface area (TPSA) is 12.5 Å². The molecule has 1 aliphatic heterocycles. The lowest BCUT2D eigenvalue weighted by molar-refractivity contribution is 0.420. The molecule has 0 amide bonds. The molecule has 1 unspecified atom stereocenters. The van der Waals surface area contributed by atoms with Gasteiger partial charge < -0.3 is 4.74 Å². The van der Waals surface area contributed by atoms with E-state index >= 15 is 0 Å². The highest BCUT2D eigenvalue weighted by Crippen LogP contribution is 2.34. The van der Waals surface area contributed by atoms with Crippen LogP contribution in [0.2, 0.25) is 0 Å². The van der Waals surface area contributed by atoms with Crippen molar-refractivity contribution < 1.29 is 4.74 Å². The molecule has 0 N–H and O–H groups in total. The summed E-state index contributed by atoms with van der Waals surface area (Å²) in [7, 11) is 0. The van der Waals surface area contributed by atoms with Gasteiger partial charge in [0.1, 0.15) is 11.5 Å². The van der Waals surface area contributed by atoms with Crippen LogP contribution in [0.25, 0.3) is 0 Å². The van der Waals surface area contributed by atoms with Gasteiger partial charge in [0.05, 0.1) is 0 Å². The molecular formula is C3H5OS. The van der Waals surface area contributed by atoms with E-state index in [-0.39, 0.29) is 4.93 Å². The summed E-state index contributed by atoms with van der Waals surface area (Å²) in [6.45, 7) is 3.56. The summed E-state index contributed by atoms with van der Waals surface area (Å²) >= 11 is 3.96. The van der Waals surface area contributed by atoms with Crippen LogP contribution in [0.1, 0.15) is 6.92 Å². The minimum absolute atomic E-state index is 0.181. The van der Waals surface area contributed by atoms with E-state index in [4.69, 9.17) is 0 Å². The van der Waals surface area contributed by atoms with Gasteiger partial charge >= 0.3 is 0 Å². The Balaban J connectivity index is 2.38. The summed E-state index contributed by atoms with van der Waals surface area (Å²) in [5.74, 6) is 0. The fourth-order valence-corrected chi connectivity index (χ4v) is 0.138. The zero-order valence-electron chi connectivity index (χ0n) is 2.93. The predicted molar refractivity (Wildman–Crippen MR) is 22.8 cm³/mol. The zero-order valence-corrected chi connectivity index (χ0v) is 3.83. The third kappa shape index (κ3) is 0.816. The molecule has 1 radical (unpaired) electrons. The van der Waals surface area contributed by atoms with Gasteiger partial charge in [0.2, 0.25) is 0 Å². The number of hydrogen-bond donors (Lipinski definition) is 1. The molecule has 1 fully saturated rings. The second-order valence-corrected chi connectivity index (χ2v) is 2.18. The number of epoxide rings is 1. The van der Waals surface area contributed by atoms with Gasteiger partial charge in [0, 0.05) is 0 Å². The minimum atomic E-state index is -0.181. The highest BCUT2D eigenvalue weighted by Gasteiger charge is 2.35. The molecule has 0 bridgehead atoms. The normalized spacial score (nSPS) is 49.2. The molecule has 0 saturated carbocycles. The number of thiol groups is 1. The first kappa shape index (κ1) is 3.50. The van der Waals surface area contributed by atoms with Gasteiger partial charge in [0.25, 0.3) is 0 Å². The zero-order chi connectivity index (χ0) is 3.91. The average Bonchev–Trinajstić information content (AvgIpc) is 1.76. The molecule has 1 heterocycles. The van der Waals surface area contributed by atoms with Crippen molar-refractivity contribution in [3.05, 3.63) is 6.61 Å². The maximum Gasteiger partial charge on any atom is 0.137 e. The van der Waals surface area contributed by atoms with Crippen LogP contribution >= 0.6 is 12.6 Å². The number of ether oxygens (including phenoxy) is 1. The molecule has 0 aromatic heterocycles. The number of hydrogen-bond acceptors (Lipinski definition) is 2. The van der Waals surface area contributed by atoms with Crippen molar-refractivity contribution in [3.63, 3.8) is 0 Å². The van der Waals surface area contributed by atoms with Gasteiger partial charge in [-0.05, 0) is 6.92 Å². The van der Waals surface area contributed by atoms with Crippen LogP contribution in [0, 0.1) is 6.61 Å². The first-order valence-electron chi connectivity index (χ1n) is 1.45. The highest BCUT2D eigenvalue weighted by atomic mass is 32.1. The largest absolute Gasteiger partial charge is 0.352 e. The Bertz CT molecular complexity index is 44.9. The summed E-state index contributed by atoms with van der Waals surface area (Å²) in [6.07, 6.45) is 0. The van der Waals surface area contributed by atoms with Crippen LogP contribution in [0.5, 0.6) is 0 Å². The SMILES string of the molecule is CC1(S)[CH]O1. The Morgan fingerprint density at radius 1 is 2.00 bits per heavy atom. The molecule has 5 heavy (non-hydrogen) atoms. The monoisotopic (exact) mass is 89.0 g/mol. The second-order valence-electron chi connectivity index (χ2n) is 1.29. The standard InChI is InChI=1S/C3H5OS/c1-3(5)2-4-3/h2,5H,1H3. The molecule has 0 aromatic carbocycles. The molecule has 0 aliphatic carbocycles. The van der Waals surface area contributed by atoms with Crippen molar-refractivity contribution in [3.8, 4) is 0 Å². The van der Waals surface area contributed by atoms with Crippen molar-refractivity contribution >= 4 is 12.6 Å². The molecule has 0 aromatic rings. The summed E-state index contributed by atoms with van der Waals surface area (Å²) in [5, 5.41) is 0. The van der Waals surface area contributed by atoms with Gasteiger partial charge in [-0.2, -0.15) is 0 Å². The van der Waals surface area contributed by atoms with Gasteiger partial charge in [-0.1, -0.05) is 0 Å². The van der Waals surface area contributed by atoms with Crippen molar-refractivity contribution in [2.45, 2.75) is 11.9 Å². The van der Waals surface area contributed by atoms with E-state index in [1.165, 1.54) is 0 Å².